The summed E-state index contributed by atoms with van der Waals surface area (Å²) in [5.41, 5.74) is 7.91. The molecule has 0 amide bonds. The first-order valence-corrected chi connectivity index (χ1v) is 12.4. The second kappa shape index (κ2) is 7.92. The number of fused-ring (bicyclic) bond motifs is 3. The fraction of sp³-hybridized carbons (Fsp3) is 0.320. The van der Waals surface area contributed by atoms with Crippen LogP contribution in [-0.2, 0) is 12.8 Å². The first kappa shape index (κ1) is 20.5. The molecule has 1 aliphatic rings. The molecule has 0 atom stereocenters. The van der Waals surface area contributed by atoms with Gasteiger partial charge in [0.05, 0.1) is 5.75 Å². The summed E-state index contributed by atoms with van der Waals surface area (Å²) in [6.07, 6.45) is 5.08. The smallest absolute Gasteiger partial charge is 0.174 e. The number of aromatic nitrogens is 3. The number of carbonyl (C=O) groups is 1. The van der Waals surface area contributed by atoms with Crippen molar-refractivity contribution in [1.29, 1.82) is 0 Å². The quantitative estimate of drug-likeness (QED) is 0.208. The molecule has 0 N–H and O–H groups in total. The molecule has 4 aromatic rings. The van der Waals surface area contributed by atoms with Gasteiger partial charge in [0.15, 0.2) is 5.78 Å². The molecule has 0 aliphatic heterocycles. The van der Waals surface area contributed by atoms with Crippen LogP contribution >= 0.6 is 23.1 Å². The normalized spacial score (nSPS) is 13.2. The average molecular weight is 448 g/mol. The number of carbonyl (C=O) groups excluding carboxylic acids is 1. The molecule has 1 aliphatic carbocycles. The lowest BCUT2D eigenvalue weighted by molar-refractivity contribution is 0.102. The van der Waals surface area contributed by atoms with Gasteiger partial charge in [-0.15, -0.1) is 11.3 Å². The van der Waals surface area contributed by atoms with Crippen LogP contribution in [0.15, 0.2) is 35.6 Å². The molecule has 0 radical (unpaired) electrons. The van der Waals surface area contributed by atoms with E-state index < -0.39 is 0 Å². The van der Waals surface area contributed by atoms with Crippen LogP contribution < -0.4 is 0 Å². The van der Waals surface area contributed by atoms with E-state index in [4.69, 9.17) is 0 Å². The van der Waals surface area contributed by atoms with Gasteiger partial charge in [0.25, 0.3) is 0 Å². The maximum Gasteiger partial charge on any atom is 0.174 e. The van der Waals surface area contributed by atoms with Crippen molar-refractivity contribution in [3.8, 4) is 5.69 Å². The molecule has 4 nitrogen and oxygen atoms in total. The number of benzene rings is 1. The maximum absolute atomic E-state index is 13.2. The van der Waals surface area contributed by atoms with E-state index in [0.717, 1.165) is 45.3 Å². The van der Waals surface area contributed by atoms with Crippen molar-refractivity contribution in [3.05, 3.63) is 69.1 Å². The number of nitrogens with zero attached hydrogens (tertiary/aromatic N) is 3. The summed E-state index contributed by atoms with van der Waals surface area (Å²) in [6.45, 7) is 8.34. The van der Waals surface area contributed by atoms with E-state index in [1.54, 1.807) is 29.4 Å². The zero-order chi connectivity index (χ0) is 21.7. The molecule has 0 unspecified atom stereocenters. The van der Waals surface area contributed by atoms with Crippen LogP contribution in [0.4, 0.5) is 0 Å². The molecule has 6 heteroatoms. The summed E-state index contributed by atoms with van der Waals surface area (Å²) in [5.74, 6) is 0.528. The van der Waals surface area contributed by atoms with Crippen LogP contribution in [0, 0.1) is 27.7 Å². The van der Waals surface area contributed by atoms with E-state index in [0.29, 0.717) is 5.75 Å². The van der Waals surface area contributed by atoms with Crippen molar-refractivity contribution >= 4 is 39.1 Å². The molecule has 158 valence electrons. The lowest BCUT2D eigenvalue weighted by Crippen LogP contribution is -2.06. The summed E-state index contributed by atoms with van der Waals surface area (Å²) in [6, 6.07) is 8.47. The second-order valence-corrected chi connectivity index (χ2v) is 10.4. The third kappa shape index (κ3) is 3.52. The van der Waals surface area contributed by atoms with Crippen molar-refractivity contribution < 1.29 is 4.79 Å². The van der Waals surface area contributed by atoms with Gasteiger partial charge in [-0.05, 0) is 81.8 Å². The molecule has 0 saturated carbocycles. The second-order valence-electron chi connectivity index (χ2n) is 8.32. The monoisotopic (exact) mass is 447 g/mol. The minimum Gasteiger partial charge on any atom is -0.318 e. The Bertz CT molecular complexity index is 1330. The van der Waals surface area contributed by atoms with E-state index in [-0.39, 0.29) is 5.78 Å². The number of thioether (sulfide) groups is 1. The van der Waals surface area contributed by atoms with Crippen molar-refractivity contribution in [1.82, 2.24) is 14.5 Å². The van der Waals surface area contributed by atoms with Crippen molar-refractivity contribution in [2.75, 3.05) is 5.75 Å². The lowest BCUT2D eigenvalue weighted by Gasteiger charge is -2.12. The van der Waals surface area contributed by atoms with Crippen LogP contribution in [0.2, 0.25) is 0 Å². The lowest BCUT2D eigenvalue weighted by atomic mass is 10.1. The van der Waals surface area contributed by atoms with E-state index in [1.165, 1.54) is 33.4 Å². The SMILES string of the molecule is Cc1ccc(-n2c(C)cc(C(=O)CSc3ncnc4sc5c(c34)CCC5)c2C)cc1C. The van der Waals surface area contributed by atoms with Gasteiger partial charge in [-0.1, -0.05) is 17.8 Å². The van der Waals surface area contributed by atoms with Crippen molar-refractivity contribution in [2.24, 2.45) is 0 Å². The first-order valence-electron chi connectivity index (χ1n) is 10.6. The van der Waals surface area contributed by atoms with Crippen molar-refractivity contribution in [2.45, 2.75) is 52.0 Å². The summed E-state index contributed by atoms with van der Waals surface area (Å²) in [7, 11) is 0. The number of rotatable bonds is 5. The Balaban J connectivity index is 1.42. The van der Waals surface area contributed by atoms with E-state index >= 15 is 0 Å². The Hall–Kier alpha value is -2.44. The Morgan fingerprint density at radius 1 is 1.10 bits per heavy atom. The predicted octanol–water partition coefficient (Wildman–Crippen LogP) is 6.18. The summed E-state index contributed by atoms with van der Waals surface area (Å²) < 4.78 is 2.18. The van der Waals surface area contributed by atoms with Crippen LogP contribution in [0.3, 0.4) is 0 Å². The van der Waals surface area contributed by atoms with Crippen LogP contribution in [-0.4, -0.2) is 26.1 Å². The van der Waals surface area contributed by atoms with Crippen LogP contribution in [0.25, 0.3) is 15.9 Å². The van der Waals surface area contributed by atoms with Gasteiger partial charge in [0.2, 0.25) is 0 Å². The molecule has 3 heterocycles. The molecule has 31 heavy (non-hydrogen) atoms. The number of thiophene rings is 1. The third-order valence-corrected chi connectivity index (χ3v) is 8.48. The number of hydrogen-bond acceptors (Lipinski definition) is 5. The highest BCUT2D eigenvalue weighted by Crippen LogP contribution is 2.40. The largest absolute Gasteiger partial charge is 0.318 e. The third-order valence-electron chi connectivity index (χ3n) is 6.29. The van der Waals surface area contributed by atoms with Gasteiger partial charge in [-0.2, -0.15) is 0 Å². The topological polar surface area (TPSA) is 47.8 Å². The highest BCUT2D eigenvalue weighted by atomic mass is 32.2. The van der Waals surface area contributed by atoms with Gasteiger partial charge >= 0.3 is 0 Å². The zero-order valence-electron chi connectivity index (χ0n) is 18.3. The van der Waals surface area contributed by atoms with E-state index in [2.05, 4.69) is 53.5 Å². The summed E-state index contributed by atoms with van der Waals surface area (Å²) in [5, 5.41) is 2.12. The summed E-state index contributed by atoms with van der Waals surface area (Å²) >= 11 is 3.33. The molecule has 0 spiro atoms. The van der Waals surface area contributed by atoms with Gasteiger partial charge in [0.1, 0.15) is 16.2 Å². The molecule has 5 rings (SSSR count). The highest BCUT2D eigenvalue weighted by molar-refractivity contribution is 8.00. The maximum atomic E-state index is 13.2. The average Bonchev–Trinajstić information content (AvgIpc) is 3.41. The number of hydrogen-bond donors (Lipinski definition) is 0. The Morgan fingerprint density at radius 2 is 1.94 bits per heavy atom. The molecular weight excluding hydrogens is 422 g/mol. The van der Waals surface area contributed by atoms with Gasteiger partial charge in [0, 0.05) is 32.9 Å². The Kier molecular flexibility index (Phi) is 5.22. The standard InChI is InChI=1S/C25H25N3OS2/c1-14-8-9-18(10-15(14)2)28-16(3)11-20(17(28)4)21(29)12-30-24-23-19-6-5-7-22(19)31-25(23)27-13-26-24/h8-11,13H,5-7,12H2,1-4H3. The molecule has 3 aromatic heterocycles. The first-order chi connectivity index (χ1) is 14.9. The zero-order valence-corrected chi connectivity index (χ0v) is 19.9. The van der Waals surface area contributed by atoms with E-state index in [1.807, 2.05) is 13.0 Å². The van der Waals surface area contributed by atoms with Gasteiger partial charge in [-0.25, -0.2) is 9.97 Å². The van der Waals surface area contributed by atoms with Gasteiger partial charge < -0.3 is 4.57 Å². The molecular formula is C25H25N3OS2. The highest BCUT2D eigenvalue weighted by Gasteiger charge is 2.23. The molecule has 0 bridgehead atoms. The fourth-order valence-electron chi connectivity index (χ4n) is 4.53. The van der Waals surface area contributed by atoms with Crippen molar-refractivity contribution in [3.63, 3.8) is 0 Å². The Labute approximate surface area is 190 Å². The minimum atomic E-state index is 0.145. The molecule has 0 fully saturated rings. The van der Waals surface area contributed by atoms with Crippen LogP contribution in [0.1, 0.15) is 49.7 Å². The molecule has 1 aromatic carbocycles. The Morgan fingerprint density at radius 3 is 2.74 bits per heavy atom. The number of Topliss-reactive ketones (excluding diaryl/α,β-unsaturated/α-hetero) is 1. The minimum absolute atomic E-state index is 0.145. The molecule has 0 saturated heterocycles. The van der Waals surface area contributed by atoms with E-state index in [9.17, 15) is 4.79 Å². The predicted molar refractivity (Wildman–Crippen MR) is 129 cm³/mol. The number of ketones is 1. The number of aryl methyl sites for hydroxylation is 5. The fourth-order valence-corrected chi connectivity index (χ4v) is 6.73. The summed E-state index contributed by atoms with van der Waals surface area (Å²) in [4.78, 5) is 24.7. The van der Waals surface area contributed by atoms with Gasteiger partial charge in [-0.3, -0.25) is 4.79 Å². The van der Waals surface area contributed by atoms with Crippen LogP contribution in [0.5, 0.6) is 0 Å².